The van der Waals surface area contributed by atoms with Crippen LogP contribution in [0.4, 0.5) is 8.78 Å². The largest absolute Gasteiger partial charge is 0.371 e. The zero-order chi connectivity index (χ0) is 9.97. The predicted octanol–water partition coefficient (Wildman–Crippen LogP) is 1.50. The van der Waals surface area contributed by atoms with Crippen LogP contribution >= 0.6 is 0 Å². The second-order valence-electron chi connectivity index (χ2n) is 3.52. The Bertz CT molecular complexity index is 269. The number of halogens is 2. The zero-order valence-corrected chi connectivity index (χ0v) is 7.80. The van der Waals surface area contributed by atoms with Crippen molar-refractivity contribution < 1.29 is 13.5 Å². The number of alkyl halides is 1. The average molecular weight is 201 g/mol. The Hall–Kier alpha value is -0.740. The second kappa shape index (κ2) is 4.19. The number of rotatable bonds is 1. The van der Waals surface area contributed by atoms with Crippen molar-refractivity contribution in [2.24, 2.45) is 0 Å². The molecule has 4 heteroatoms. The van der Waals surface area contributed by atoms with Gasteiger partial charge in [0.05, 0.1) is 12.7 Å². The van der Waals surface area contributed by atoms with Gasteiger partial charge in [-0.2, -0.15) is 0 Å². The van der Waals surface area contributed by atoms with Crippen LogP contribution in [0.5, 0.6) is 0 Å². The molecule has 0 amide bonds. The minimum absolute atomic E-state index is 0.147. The molecule has 1 saturated heterocycles. The van der Waals surface area contributed by atoms with Gasteiger partial charge in [-0.3, -0.25) is 0 Å². The predicted molar refractivity (Wildman–Crippen MR) is 49.4 cm³/mol. The van der Waals surface area contributed by atoms with Crippen LogP contribution in [-0.4, -0.2) is 32.0 Å². The second-order valence-corrected chi connectivity index (χ2v) is 3.52. The summed E-state index contributed by atoms with van der Waals surface area (Å²) < 4.78 is 31.5. The molecule has 0 bridgehead atoms. The monoisotopic (exact) mass is 201 g/mol. The lowest BCUT2D eigenvalue weighted by atomic mass is 9.96. The standard InChI is InChI=1S/C10H13F2NO/c11-7-1-2-8(9(12)5-7)10-6-13-3-4-14-10/h1-2,9-10,13H,3-6H2. The topological polar surface area (TPSA) is 21.3 Å². The summed E-state index contributed by atoms with van der Waals surface area (Å²) in [5.41, 5.74) is 0.554. The van der Waals surface area contributed by atoms with Gasteiger partial charge in [-0.25, -0.2) is 8.78 Å². The molecule has 2 unspecified atom stereocenters. The molecule has 2 nitrogen and oxygen atoms in total. The van der Waals surface area contributed by atoms with Crippen LogP contribution in [0.25, 0.3) is 0 Å². The molecule has 0 aromatic heterocycles. The Morgan fingerprint density at radius 3 is 2.93 bits per heavy atom. The molecular formula is C10H13F2NO. The first-order valence-corrected chi connectivity index (χ1v) is 4.80. The highest BCUT2D eigenvalue weighted by atomic mass is 19.1. The van der Waals surface area contributed by atoms with Gasteiger partial charge in [0.1, 0.15) is 12.0 Å². The molecule has 2 rings (SSSR count). The van der Waals surface area contributed by atoms with Crippen molar-refractivity contribution in [1.82, 2.24) is 5.32 Å². The fourth-order valence-electron chi connectivity index (χ4n) is 1.74. The number of hydrogen-bond acceptors (Lipinski definition) is 2. The molecule has 2 aliphatic rings. The van der Waals surface area contributed by atoms with Crippen LogP contribution in [0.15, 0.2) is 23.6 Å². The lowest BCUT2D eigenvalue weighted by Gasteiger charge is -2.28. The molecule has 0 spiro atoms. The van der Waals surface area contributed by atoms with Crippen molar-refractivity contribution in [2.45, 2.75) is 18.7 Å². The first-order chi connectivity index (χ1) is 6.77. The zero-order valence-electron chi connectivity index (χ0n) is 7.80. The summed E-state index contributed by atoms with van der Waals surface area (Å²) in [6.45, 7) is 1.99. The van der Waals surface area contributed by atoms with Crippen molar-refractivity contribution in [3.05, 3.63) is 23.6 Å². The summed E-state index contributed by atoms with van der Waals surface area (Å²) in [7, 11) is 0. The van der Waals surface area contributed by atoms with Gasteiger partial charge >= 0.3 is 0 Å². The van der Waals surface area contributed by atoms with Gasteiger partial charge < -0.3 is 10.1 Å². The quantitative estimate of drug-likeness (QED) is 0.694. The minimum Gasteiger partial charge on any atom is -0.371 e. The van der Waals surface area contributed by atoms with E-state index in [2.05, 4.69) is 5.32 Å². The van der Waals surface area contributed by atoms with Crippen LogP contribution in [0.3, 0.4) is 0 Å². The molecule has 1 aliphatic carbocycles. The summed E-state index contributed by atoms with van der Waals surface area (Å²) in [5, 5.41) is 3.12. The number of nitrogens with one attached hydrogen (secondary N) is 1. The Kier molecular flexibility index (Phi) is 2.93. The van der Waals surface area contributed by atoms with E-state index in [1.165, 1.54) is 12.2 Å². The summed E-state index contributed by atoms with van der Waals surface area (Å²) >= 11 is 0. The Labute approximate surface area is 81.6 Å². The van der Waals surface area contributed by atoms with Crippen LogP contribution in [0.2, 0.25) is 0 Å². The number of ether oxygens (including phenoxy) is 1. The highest BCUT2D eigenvalue weighted by Gasteiger charge is 2.27. The molecule has 0 aromatic carbocycles. The Morgan fingerprint density at radius 1 is 1.43 bits per heavy atom. The van der Waals surface area contributed by atoms with E-state index in [0.29, 0.717) is 18.7 Å². The van der Waals surface area contributed by atoms with E-state index in [1.54, 1.807) is 0 Å². The van der Waals surface area contributed by atoms with Gasteiger partial charge in [0, 0.05) is 19.5 Å². The highest BCUT2D eigenvalue weighted by molar-refractivity contribution is 5.28. The van der Waals surface area contributed by atoms with Crippen LogP contribution < -0.4 is 5.32 Å². The van der Waals surface area contributed by atoms with E-state index in [1.807, 2.05) is 0 Å². The first-order valence-electron chi connectivity index (χ1n) is 4.80. The highest BCUT2D eigenvalue weighted by Crippen LogP contribution is 2.26. The summed E-state index contributed by atoms with van der Waals surface area (Å²) in [6, 6.07) is 0. The lowest BCUT2D eigenvalue weighted by molar-refractivity contribution is 0.0424. The van der Waals surface area contributed by atoms with Crippen molar-refractivity contribution in [1.29, 1.82) is 0 Å². The molecule has 1 fully saturated rings. The van der Waals surface area contributed by atoms with Crippen molar-refractivity contribution >= 4 is 0 Å². The van der Waals surface area contributed by atoms with E-state index in [9.17, 15) is 8.78 Å². The molecule has 78 valence electrons. The molecular weight excluding hydrogens is 188 g/mol. The molecule has 14 heavy (non-hydrogen) atoms. The third-order valence-corrected chi connectivity index (χ3v) is 2.49. The molecule has 2 atom stereocenters. The maximum absolute atomic E-state index is 13.4. The van der Waals surface area contributed by atoms with Gasteiger partial charge in [-0.1, -0.05) is 6.08 Å². The van der Waals surface area contributed by atoms with Crippen LogP contribution in [-0.2, 0) is 4.74 Å². The SMILES string of the molecule is FC1=CC=C(C2CNCCO2)C(F)C1. The first kappa shape index (κ1) is 9.80. The summed E-state index contributed by atoms with van der Waals surface area (Å²) in [4.78, 5) is 0. The summed E-state index contributed by atoms with van der Waals surface area (Å²) in [6.07, 6.45) is 1.21. The van der Waals surface area contributed by atoms with Gasteiger partial charge in [0.15, 0.2) is 0 Å². The normalized spacial score (nSPS) is 33.6. The number of hydrogen-bond donors (Lipinski definition) is 1. The van der Waals surface area contributed by atoms with E-state index in [4.69, 9.17) is 4.74 Å². The Balaban J connectivity index is 2.08. The van der Waals surface area contributed by atoms with E-state index in [0.717, 1.165) is 6.54 Å². The average Bonchev–Trinajstić information content (AvgIpc) is 2.19. The molecule has 0 radical (unpaired) electrons. The van der Waals surface area contributed by atoms with Gasteiger partial charge in [0.2, 0.25) is 0 Å². The fraction of sp³-hybridized carbons (Fsp3) is 0.600. The van der Waals surface area contributed by atoms with Crippen LogP contribution in [0.1, 0.15) is 6.42 Å². The fourth-order valence-corrected chi connectivity index (χ4v) is 1.74. The van der Waals surface area contributed by atoms with Crippen molar-refractivity contribution in [3.8, 4) is 0 Å². The smallest absolute Gasteiger partial charge is 0.130 e. The molecule has 0 saturated carbocycles. The van der Waals surface area contributed by atoms with Gasteiger partial charge in [0.25, 0.3) is 0 Å². The number of allylic oxidation sites excluding steroid dienone is 3. The van der Waals surface area contributed by atoms with E-state index >= 15 is 0 Å². The molecule has 1 aliphatic heterocycles. The third-order valence-electron chi connectivity index (χ3n) is 2.49. The van der Waals surface area contributed by atoms with Gasteiger partial charge in [-0.05, 0) is 11.6 Å². The lowest BCUT2D eigenvalue weighted by Crippen LogP contribution is -2.41. The minimum atomic E-state index is -1.23. The Morgan fingerprint density at radius 2 is 2.29 bits per heavy atom. The van der Waals surface area contributed by atoms with Crippen molar-refractivity contribution in [2.75, 3.05) is 19.7 Å². The molecule has 1 N–H and O–H groups in total. The van der Waals surface area contributed by atoms with E-state index in [-0.39, 0.29) is 12.5 Å². The van der Waals surface area contributed by atoms with E-state index < -0.39 is 12.0 Å². The summed E-state index contributed by atoms with van der Waals surface area (Å²) in [5.74, 6) is -0.398. The van der Waals surface area contributed by atoms with Crippen molar-refractivity contribution in [3.63, 3.8) is 0 Å². The third kappa shape index (κ3) is 2.01. The molecule has 0 aromatic rings. The number of morpholine rings is 1. The maximum atomic E-state index is 13.4. The van der Waals surface area contributed by atoms with Crippen LogP contribution in [0, 0.1) is 0 Å². The maximum Gasteiger partial charge on any atom is 0.130 e. The molecule has 1 heterocycles. The van der Waals surface area contributed by atoms with Gasteiger partial charge in [-0.15, -0.1) is 0 Å².